The van der Waals surface area contributed by atoms with Gasteiger partial charge in [0, 0.05) is 24.7 Å². The van der Waals surface area contributed by atoms with Crippen LogP contribution in [0.4, 0.5) is 5.13 Å². The predicted octanol–water partition coefficient (Wildman–Crippen LogP) is 3.19. The van der Waals surface area contributed by atoms with E-state index in [1.807, 2.05) is 24.3 Å². The highest BCUT2D eigenvalue weighted by molar-refractivity contribution is 8.01. The summed E-state index contributed by atoms with van der Waals surface area (Å²) in [6, 6.07) is 7.41. The van der Waals surface area contributed by atoms with Crippen LogP contribution >= 0.6 is 34.7 Å². The quantitative estimate of drug-likeness (QED) is 0.665. The summed E-state index contributed by atoms with van der Waals surface area (Å²) in [4.78, 5) is 11.9. The van der Waals surface area contributed by atoms with Crippen LogP contribution in [0, 0.1) is 0 Å². The largest absolute Gasteiger partial charge is 0.376 e. The van der Waals surface area contributed by atoms with Crippen LogP contribution in [0.2, 0.25) is 5.02 Å². The molecular weight excluding hydrogens is 380 g/mol. The van der Waals surface area contributed by atoms with E-state index < -0.39 is 0 Å². The van der Waals surface area contributed by atoms with Crippen LogP contribution < -0.4 is 10.6 Å². The number of amides is 1. The molecule has 2 heterocycles. The lowest BCUT2D eigenvalue weighted by Crippen LogP contribution is -2.24. The molecule has 0 spiro atoms. The molecule has 0 radical (unpaired) electrons. The van der Waals surface area contributed by atoms with Crippen LogP contribution in [-0.2, 0) is 16.1 Å². The number of nitrogens with one attached hydrogen (secondary N) is 2. The zero-order valence-electron chi connectivity index (χ0n) is 13.5. The highest BCUT2D eigenvalue weighted by Crippen LogP contribution is 2.25. The Morgan fingerprint density at radius 2 is 2.20 bits per heavy atom. The van der Waals surface area contributed by atoms with E-state index in [2.05, 4.69) is 20.8 Å². The van der Waals surface area contributed by atoms with Crippen molar-refractivity contribution in [2.75, 3.05) is 24.2 Å². The van der Waals surface area contributed by atoms with Gasteiger partial charge in [-0.05, 0) is 30.5 Å². The van der Waals surface area contributed by atoms with Crippen LogP contribution in [0.1, 0.15) is 18.4 Å². The van der Waals surface area contributed by atoms with Gasteiger partial charge in [0.15, 0.2) is 4.34 Å². The normalized spacial score (nSPS) is 16.8. The SMILES string of the molecule is O=C(CSc1nnc(NCC2CCCO2)s1)NCc1ccc(Cl)cc1. The van der Waals surface area contributed by atoms with E-state index in [4.69, 9.17) is 16.3 Å². The summed E-state index contributed by atoms with van der Waals surface area (Å²) < 4.78 is 6.33. The summed E-state index contributed by atoms with van der Waals surface area (Å²) in [5.74, 6) is 0.276. The maximum absolute atomic E-state index is 11.9. The fourth-order valence-electron chi connectivity index (χ4n) is 2.33. The second kappa shape index (κ2) is 9.38. The van der Waals surface area contributed by atoms with Crippen LogP contribution in [0.25, 0.3) is 0 Å². The molecule has 9 heteroatoms. The molecule has 1 atom stereocenters. The number of hydrogen-bond acceptors (Lipinski definition) is 7. The van der Waals surface area contributed by atoms with Gasteiger partial charge in [0.2, 0.25) is 11.0 Å². The van der Waals surface area contributed by atoms with Gasteiger partial charge in [-0.25, -0.2) is 0 Å². The molecule has 0 aliphatic carbocycles. The second-order valence-electron chi connectivity index (χ2n) is 5.58. The van der Waals surface area contributed by atoms with Crippen LogP contribution in [0.5, 0.6) is 0 Å². The molecule has 1 saturated heterocycles. The number of rotatable bonds is 8. The first-order valence-corrected chi connectivity index (χ1v) is 10.2. The number of carbonyl (C=O) groups excluding carboxylic acids is 1. The molecular formula is C16H19ClN4O2S2. The Morgan fingerprint density at radius 3 is 2.96 bits per heavy atom. The lowest BCUT2D eigenvalue weighted by molar-refractivity contribution is -0.118. The van der Waals surface area contributed by atoms with Crippen LogP contribution in [0.3, 0.4) is 0 Å². The molecule has 2 aromatic rings. The van der Waals surface area contributed by atoms with Gasteiger partial charge in [-0.2, -0.15) is 0 Å². The number of anilines is 1. The van der Waals surface area contributed by atoms with Crippen molar-refractivity contribution < 1.29 is 9.53 Å². The monoisotopic (exact) mass is 398 g/mol. The van der Waals surface area contributed by atoms with Crippen LogP contribution in [-0.4, -0.2) is 41.1 Å². The van der Waals surface area contributed by atoms with Gasteiger partial charge in [0.25, 0.3) is 0 Å². The van der Waals surface area contributed by atoms with Crippen LogP contribution in [0.15, 0.2) is 28.6 Å². The summed E-state index contributed by atoms with van der Waals surface area (Å²) in [5.41, 5.74) is 1.01. The maximum atomic E-state index is 11.9. The highest BCUT2D eigenvalue weighted by atomic mass is 35.5. The summed E-state index contributed by atoms with van der Waals surface area (Å²) in [7, 11) is 0. The van der Waals surface area contributed by atoms with Gasteiger partial charge < -0.3 is 15.4 Å². The summed E-state index contributed by atoms with van der Waals surface area (Å²) in [5, 5.41) is 15.8. The number of nitrogens with zero attached hydrogens (tertiary/aromatic N) is 2. The van der Waals surface area contributed by atoms with E-state index in [1.165, 1.54) is 23.1 Å². The van der Waals surface area contributed by atoms with E-state index in [-0.39, 0.29) is 12.0 Å². The van der Waals surface area contributed by atoms with E-state index >= 15 is 0 Å². The van der Waals surface area contributed by atoms with Gasteiger partial charge in [-0.3, -0.25) is 4.79 Å². The molecule has 1 unspecified atom stereocenters. The van der Waals surface area contributed by atoms with Gasteiger partial charge in [-0.1, -0.05) is 46.8 Å². The third kappa shape index (κ3) is 6.14. The molecule has 0 saturated carbocycles. The number of thioether (sulfide) groups is 1. The Balaban J connectivity index is 1.36. The fourth-order valence-corrected chi connectivity index (χ4v) is 4.04. The van der Waals surface area contributed by atoms with Gasteiger partial charge in [-0.15, -0.1) is 10.2 Å². The molecule has 6 nitrogen and oxygen atoms in total. The lowest BCUT2D eigenvalue weighted by Gasteiger charge is -2.08. The van der Waals surface area contributed by atoms with Gasteiger partial charge >= 0.3 is 0 Å². The van der Waals surface area contributed by atoms with Crippen molar-refractivity contribution in [3.05, 3.63) is 34.9 Å². The van der Waals surface area contributed by atoms with E-state index in [9.17, 15) is 4.79 Å². The van der Waals surface area contributed by atoms with Crippen molar-refractivity contribution in [3.8, 4) is 0 Å². The Labute approximate surface area is 159 Å². The number of aromatic nitrogens is 2. The molecule has 1 fully saturated rings. The summed E-state index contributed by atoms with van der Waals surface area (Å²) in [6.45, 7) is 2.08. The minimum Gasteiger partial charge on any atom is -0.376 e. The van der Waals surface area contributed by atoms with E-state index in [1.54, 1.807) is 0 Å². The fraction of sp³-hybridized carbons (Fsp3) is 0.438. The molecule has 134 valence electrons. The Morgan fingerprint density at radius 1 is 1.36 bits per heavy atom. The van der Waals surface area contributed by atoms with Crippen molar-refractivity contribution in [2.45, 2.75) is 29.8 Å². The topological polar surface area (TPSA) is 76.1 Å². The second-order valence-corrected chi connectivity index (χ2v) is 8.22. The molecule has 1 amide bonds. The molecule has 1 aromatic heterocycles. The number of ether oxygens (including phenoxy) is 1. The van der Waals surface area contributed by atoms with Crippen molar-refractivity contribution in [2.24, 2.45) is 0 Å². The number of benzene rings is 1. The summed E-state index contributed by atoms with van der Waals surface area (Å²) in [6.07, 6.45) is 2.47. The Kier molecular flexibility index (Phi) is 6.92. The van der Waals surface area contributed by atoms with Crippen molar-refractivity contribution >= 4 is 45.7 Å². The molecule has 25 heavy (non-hydrogen) atoms. The molecule has 1 aromatic carbocycles. The van der Waals surface area contributed by atoms with Crippen molar-refractivity contribution in [3.63, 3.8) is 0 Å². The zero-order valence-corrected chi connectivity index (χ0v) is 15.9. The molecule has 1 aliphatic rings. The summed E-state index contributed by atoms with van der Waals surface area (Å²) >= 11 is 8.68. The van der Waals surface area contributed by atoms with Crippen molar-refractivity contribution in [1.29, 1.82) is 0 Å². The smallest absolute Gasteiger partial charge is 0.230 e. The minimum atomic E-state index is -0.0379. The predicted molar refractivity (Wildman–Crippen MR) is 101 cm³/mol. The Hall–Kier alpha value is -1.35. The number of hydrogen-bond donors (Lipinski definition) is 2. The van der Waals surface area contributed by atoms with E-state index in [0.717, 1.165) is 41.0 Å². The molecule has 2 N–H and O–H groups in total. The first-order chi connectivity index (χ1) is 12.2. The third-order valence-electron chi connectivity index (χ3n) is 3.64. The molecule has 1 aliphatic heterocycles. The third-order valence-corrected chi connectivity index (χ3v) is 5.91. The zero-order chi connectivity index (χ0) is 17.5. The van der Waals surface area contributed by atoms with E-state index in [0.29, 0.717) is 17.3 Å². The highest BCUT2D eigenvalue weighted by Gasteiger charge is 2.16. The number of halogens is 1. The standard InChI is InChI=1S/C16H19ClN4O2S2/c17-12-5-3-11(4-6-12)8-18-14(22)10-24-16-21-20-15(25-16)19-9-13-2-1-7-23-13/h3-6,13H,1-2,7-10H2,(H,18,22)(H,19,20). The lowest BCUT2D eigenvalue weighted by atomic mass is 10.2. The average Bonchev–Trinajstić information content (AvgIpc) is 3.29. The average molecular weight is 399 g/mol. The first kappa shape index (κ1) is 18.4. The Bertz CT molecular complexity index is 690. The van der Waals surface area contributed by atoms with Gasteiger partial charge in [0.1, 0.15) is 0 Å². The maximum Gasteiger partial charge on any atom is 0.230 e. The van der Waals surface area contributed by atoms with Gasteiger partial charge in [0.05, 0.1) is 11.9 Å². The van der Waals surface area contributed by atoms with Crippen molar-refractivity contribution in [1.82, 2.24) is 15.5 Å². The molecule has 0 bridgehead atoms. The first-order valence-electron chi connectivity index (χ1n) is 8.02. The number of carbonyl (C=O) groups is 1. The molecule has 3 rings (SSSR count). The minimum absolute atomic E-state index is 0.0379.